The highest BCUT2D eigenvalue weighted by Crippen LogP contribution is 2.30. The summed E-state index contributed by atoms with van der Waals surface area (Å²) in [6.07, 6.45) is 0. The molecule has 1 aromatic carbocycles. The molecule has 0 unspecified atom stereocenters. The lowest BCUT2D eigenvalue weighted by Crippen LogP contribution is -2.38. The normalized spacial score (nSPS) is 14.6. The van der Waals surface area contributed by atoms with Crippen molar-refractivity contribution in [3.63, 3.8) is 0 Å². The van der Waals surface area contributed by atoms with E-state index in [0.29, 0.717) is 0 Å². The Bertz CT molecular complexity index is 841. The van der Waals surface area contributed by atoms with Crippen molar-refractivity contribution in [1.82, 2.24) is 14.8 Å². The number of carbonyl (C=O) groups is 1. The van der Waals surface area contributed by atoms with Gasteiger partial charge in [-0.1, -0.05) is 17.8 Å². The molecule has 0 bridgehead atoms. The van der Waals surface area contributed by atoms with Crippen LogP contribution in [0.1, 0.15) is 46.5 Å². The molecule has 27 heavy (non-hydrogen) atoms. The molecule has 0 spiro atoms. The number of carbonyl (C=O) groups excluding carboxylic acids is 1. The van der Waals surface area contributed by atoms with Gasteiger partial charge in [-0.2, -0.15) is 0 Å². The Kier molecular flexibility index (Phi) is 6.22. The fraction of sp³-hybridized carbons (Fsp3) is 0.550. The molecule has 146 valence electrons. The summed E-state index contributed by atoms with van der Waals surface area (Å²) in [7, 11) is 0. The largest absolute Gasteiger partial charge is 0.378 e. The maximum Gasteiger partial charge on any atom is 0.228 e. The van der Waals surface area contributed by atoms with Crippen LogP contribution in [-0.2, 0) is 17.0 Å². The van der Waals surface area contributed by atoms with Gasteiger partial charge in [0.1, 0.15) is 0 Å². The van der Waals surface area contributed by atoms with E-state index in [9.17, 15) is 4.79 Å². The van der Waals surface area contributed by atoms with Gasteiger partial charge in [-0.3, -0.25) is 9.36 Å². The molecule has 1 aromatic heterocycles. The number of morpholine rings is 1. The molecule has 0 saturated carbocycles. The van der Waals surface area contributed by atoms with Gasteiger partial charge in [0.25, 0.3) is 0 Å². The Balaban J connectivity index is 1.84. The molecule has 2 aromatic rings. The molecule has 0 aliphatic carbocycles. The third kappa shape index (κ3) is 4.04. The molecule has 1 fully saturated rings. The Morgan fingerprint density at radius 3 is 2.52 bits per heavy atom. The quantitative estimate of drug-likeness (QED) is 0.557. The molecular weight excluding hydrogens is 360 g/mol. The number of aryl methyl sites for hydroxylation is 2. The molecule has 0 amide bonds. The van der Waals surface area contributed by atoms with E-state index in [2.05, 4.69) is 46.5 Å². The highest BCUT2D eigenvalue weighted by Gasteiger charge is 2.21. The fourth-order valence-corrected chi connectivity index (χ4v) is 4.97. The Hall–Kier alpha value is -1.86. The van der Waals surface area contributed by atoms with Crippen molar-refractivity contribution in [3.8, 4) is 0 Å². The fourth-order valence-electron chi connectivity index (χ4n) is 3.79. The molecule has 0 atom stereocenters. The van der Waals surface area contributed by atoms with Crippen molar-refractivity contribution >= 4 is 23.5 Å². The number of anilines is 1. The van der Waals surface area contributed by atoms with Gasteiger partial charge >= 0.3 is 0 Å². The van der Waals surface area contributed by atoms with Crippen LogP contribution >= 0.6 is 11.8 Å². The number of ketones is 1. The van der Waals surface area contributed by atoms with E-state index in [1.165, 1.54) is 11.1 Å². The SMILES string of the molecule is CCn1c(SCc2c(C)cc(C)c(C(C)=O)c2C)nnc1N1CCOCC1. The monoisotopic (exact) mass is 388 g/mol. The number of benzene rings is 1. The van der Waals surface area contributed by atoms with Crippen LogP contribution < -0.4 is 4.90 Å². The zero-order valence-corrected chi connectivity index (χ0v) is 17.7. The van der Waals surface area contributed by atoms with Gasteiger partial charge in [0.15, 0.2) is 10.9 Å². The van der Waals surface area contributed by atoms with Crippen LogP contribution in [0.5, 0.6) is 0 Å². The highest BCUT2D eigenvalue weighted by molar-refractivity contribution is 7.98. The average molecular weight is 389 g/mol. The molecule has 7 heteroatoms. The van der Waals surface area contributed by atoms with Gasteiger partial charge < -0.3 is 9.64 Å². The van der Waals surface area contributed by atoms with E-state index < -0.39 is 0 Å². The number of thioether (sulfide) groups is 1. The van der Waals surface area contributed by atoms with Gasteiger partial charge in [-0.15, -0.1) is 10.2 Å². The number of hydrogen-bond donors (Lipinski definition) is 0. The molecule has 1 aliphatic heterocycles. The van der Waals surface area contributed by atoms with E-state index in [1.807, 2.05) is 6.92 Å². The second-order valence-electron chi connectivity index (χ2n) is 6.96. The first kappa shape index (κ1) is 19.9. The zero-order chi connectivity index (χ0) is 19.6. The molecule has 6 nitrogen and oxygen atoms in total. The summed E-state index contributed by atoms with van der Waals surface area (Å²) in [6, 6.07) is 2.11. The first-order valence-electron chi connectivity index (χ1n) is 9.43. The van der Waals surface area contributed by atoms with Crippen molar-refractivity contribution in [2.45, 2.75) is 52.1 Å². The topological polar surface area (TPSA) is 60.2 Å². The van der Waals surface area contributed by atoms with E-state index in [4.69, 9.17) is 4.74 Å². The first-order valence-corrected chi connectivity index (χ1v) is 10.4. The standard InChI is InChI=1S/C20H28N4O2S/c1-6-24-19(23-7-9-26-10-8-23)21-22-20(24)27-12-17-13(2)11-14(3)18(15(17)4)16(5)25/h11H,6-10,12H2,1-5H3. The predicted octanol–water partition coefficient (Wildman–Crippen LogP) is 3.55. The Morgan fingerprint density at radius 2 is 1.89 bits per heavy atom. The first-order chi connectivity index (χ1) is 12.9. The van der Waals surface area contributed by atoms with E-state index in [1.54, 1.807) is 18.7 Å². The van der Waals surface area contributed by atoms with Crippen LogP contribution in [0.3, 0.4) is 0 Å². The third-order valence-electron chi connectivity index (χ3n) is 5.14. The molecule has 0 N–H and O–H groups in total. The van der Waals surface area contributed by atoms with Crippen molar-refractivity contribution in [2.75, 3.05) is 31.2 Å². The van der Waals surface area contributed by atoms with Crippen LogP contribution in [0.4, 0.5) is 5.95 Å². The third-order valence-corrected chi connectivity index (χ3v) is 6.13. The molecule has 1 aliphatic rings. The lowest BCUT2D eigenvalue weighted by Gasteiger charge is -2.27. The van der Waals surface area contributed by atoms with Gasteiger partial charge in [-0.25, -0.2) is 0 Å². The van der Waals surface area contributed by atoms with Crippen molar-refractivity contribution < 1.29 is 9.53 Å². The van der Waals surface area contributed by atoms with Crippen LogP contribution in [0, 0.1) is 20.8 Å². The summed E-state index contributed by atoms with van der Waals surface area (Å²) in [5.41, 5.74) is 5.43. The number of rotatable bonds is 6. The number of Topliss-reactive ketones (excluding diaryl/α,β-unsaturated/α-hetero) is 1. The minimum Gasteiger partial charge on any atom is -0.378 e. The average Bonchev–Trinajstić information content (AvgIpc) is 3.04. The van der Waals surface area contributed by atoms with Gasteiger partial charge in [0.05, 0.1) is 13.2 Å². The van der Waals surface area contributed by atoms with Crippen molar-refractivity contribution in [2.24, 2.45) is 0 Å². The zero-order valence-electron chi connectivity index (χ0n) is 16.8. The summed E-state index contributed by atoms with van der Waals surface area (Å²) < 4.78 is 7.61. The van der Waals surface area contributed by atoms with Crippen LogP contribution in [-0.4, -0.2) is 46.9 Å². The lowest BCUT2D eigenvalue weighted by molar-refractivity contribution is 0.101. The van der Waals surface area contributed by atoms with E-state index >= 15 is 0 Å². The molecule has 1 saturated heterocycles. The maximum atomic E-state index is 12.1. The van der Waals surface area contributed by atoms with Crippen LogP contribution in [0.15, 0.2) is 11.2 Å². The van der Waals surface area contributed by atoms with Gasteiger partial charge in [0, 0.05) is 31.0 Å². The van der Waals surface area contributed by atoms with Crippen molar-refractivity contribution in [1.29, 1.82) is 0 Å². The van der Waals surface area contributed by atoms with E-state index in [-0.39, 0.29) is 5.78 Å². The maximum absolute atomic E-state index is 12.1. The van der Waals surface area contributed by atoms with Gasteiger partial charge in [-0.05, 0) is 56.9 Å². The highest BCUT2D eigenvalue weighted by atomic mass is 32.2. The number of ether oxygens (including phenoxy) is 1. The smallest absolute Gasteiger partial charge is 0.228 e. The van der Waals surface area contributed by atoms with E-state index in [0.717, 1.165) is 66.4 Å². The predicted molar refractivity (Wildman–Crippen MR) is 109 cm³/mol. The summed E-state index contributed by atoms with van der Waals surface area (Å²) in [6.45, 7) is 13.9. The number of hydrogen-bond acceptors (Lipinski definition) is 6. The molecular formula is C20H28N4O2S. The number of aromatic nitrogens is 3. The molecule has 3 rings (SSSR count). The second-order valence-corrected chi connectivity index (χ2v) is 7.90. The van der Waals surface area contributed by atoms with Gasteiger partial charge in [0.2, 0.25) is 5.95 Å². The summed E-state index contributed by atoms with van der Waals surface area (Å²) in [5, 5.41) is 9.79. The molecule has 0 radical (unpaired) electrons. The minimum atomic E-state index is 0.127. The number of nitrogens with zero attached hydrogens (tertiary/aromatic N) is 4. The summed E-state index contributed by atoms with van der Waals surface area (Å²) in [5.74, 6) is 1.83. The van der Waals surface area contributed by atoms with Crippen LogP contribution in [0.2, 0.25) is 0 Å². The Labute approximate surface area is 165 Å². The summed E-state index contributed by atoms with van der Waals surface area (Å²) in [4.78, 5) is 14.3. The second kappa shape index (κ2) is 8.44. The lowest BCUT2D eigenvalue weighted by atomic mass is 9.92. The minimum absolute atomic E-state index is 0.127. The molecule has 2 heterocycles. The summed E-state index contributed by atoms with van der Waals surface area (Å²) >= 11 is 1.68. The van der Waals surface area contributed by atoms with Crippen LogP contribution in [0.25, 0.3) is 0 Å². The van der Waals surface area contributed by atoms with Crippen molar-refractivity contribution in [3.05, 3.63) is 33.9 Å². The Morgan fingerprint density at radius 1 is 1.19 bits per heavy atom.